The zero-order chi connectivity index (χ0) is 15.6. The van der Waals surface area contributed by atoms with Gasteiger partial charge in [-0.25, -0.2) is 9.97 Å². The van der Waals surface area contributed by atoms with Crippen LogP contribution in [0.4, 0.5) is 19.1 Å². The van der Waals surface area contributed by atoms with Crippen molar-refractivity contribution in [3.8, 4) is 0 Å². The summed E-state index contributed by atoms with van der Waals surface area (Å²) < 4.78 is 43.3. The minimum absolute atomic E-state index is 0.0532. The summed E-state index contributed by atoms with van der Waals surface area (Å²) in [5.41, 5.74) is -0.912. The summed E-state index contributed by atoms with van der Waals surface area (Å²) in [7, 11) is 0. The van der Waals surface area contributed by atoms with E-state index in [-0.39, 0.29) is 12.0 Å². The lowest BCUT2D eigenvalue weighted by Gasteiger charge is -2.35. The van der Waals surface area contributed by atoms with Gasteiger partial charge in [-0.2, -0.15) is 13.2 Å². The Bertz CT molecular complexity index is 497. The molecule has 122 valence electrons. The molecule has 0 bridgehead atoms. The van der Waals surface area contributed by atoms with Gasteiger partial charge in [0.05, 0.1) is 6.61 Å². The number of hydrogen-bond acceptors (Lipinski definition) is 5. The number of nitrogens with one attached hydrogen (secondary N) is 1. The topological polar surface area (TPSA) is 50.3 Å². The molecule has 0 amide bonds. The lowest BCUT2D eigenvalue weighted by Crippen LogP contribution is -2.45. The second kappa shape index (κ2) is 6.37. The molecule has 1 N–H and O–H groups in total. The molecular formula is C14H19F3N4O. The van der Waals surface area contributed by atoms with E-state index in [0.717, 1.165) is 57.8 Å². The molecule has 2 fully saturated rings. The van der Waals surface area contributed by atoms with Crippen molar-refractivity contribution in [1.29, 1.82) is 0 Å². The first-order valence-electron chi connectivity index (χ1n) is 7.51. The van der Waals surface area contributed by atoms with E-state index in [4.69, 9.17) is 4.74 Å². The summed E-state index contributed by atoms with van der Waals surface area (Å²) in [5, 5.41) is 3.02. The largest absolute Gasteiger partial charge is 0.433 e. The van der Waals surface area contributed by atoms with Crippen LogP contribution >= 0.6 is 0 Å². The van der Waals surface area contributed by atoms with E-state index < -0.39 is 11.9 Å². The van der Waals surface area contributed by atoms with E-state index in [1.165, 1.54) is 0 Å². The molecule has 3 rings (SSSR count). The summed E-state index contributed by atoms with van der Waals surface area (Å²) >= 11 is 0. The molecule has 22 heavy (non-hydrogen) atoms. The van der Waals surface area contributed by atoms with Crippen LogP contribution in [0.5, 0.6) is 0 Å². The van der Waals surface area contributed by atoms with Crippen LogP contribution in [0, 0.1) is 0 Å². The van der Waals surface area contributed by atoms with Crippen LogP contribution in [-0.2, 0) is 10.9 Å². The fourth-order valence-corrected chi connectivity index (χ4v) is 2.99. The normalized spacial score (nSPS) is 24.6. The van der Waals surface area contributed by atoms with Crippen LogP contribution in [0.25, 0.3) is 0 Å². The number of aromatic nitrogens is 2. The third kappa shape index (κ3) is 3.67. The number of hydrogen-bond donors (Lipinski definition) is 1. The Morgan fingerprint density at radius 3 is 2.64 bits per heavy atom. The number of rotatable bonds is 3. The Kier molecular flexibility index (Phi) is 4.49. The Hall–Kier alpha value is -1.41. The number of nitrogens with zero attached hydrogens (tertiary/aromatic N) is 3. The van der Waals surface area contributed by atoms with E-state index in [0.29, 0.717) is 6.04 Å². The SMILES string of the molecule is FC(F)(F)c1ccnc(NC2CCN(C3CCOC3)CC2)n1. The molecule has 1 unspecified atom stereocenters. The van der Waals surface area contributed by atoms with Crippen LogP contribution in [0.2, 0.25) is 0 Å². The van der Waals surface area contributed by atoms with Crippen LogP contribution in [-0.4, -0.2) is 53.3 Å². The predicted octanol–water partition coefficient (Wildman–Crippen LogP) is 2.16. The number of ether oxygens (including phenoxy) is 1. The van der Waals surface area contributed by atoms with Gasteiger partial charge in [-0.1, -0.05) is 0 Å². The Morgan fingerprint density at radius 2 is 2.00 bits per heavy atom. The van der Waals surface area contributed by atoms with E-state index in [1.807, 2.05) is 0 Å². The molecule has 1 aromatic rings. The molecule has 1 aromatic heterocycles. The summed E-state index contributed by atoms with van der Waals surface area (Å²) in [4.78, 5) is 9.84. The summed E-state index contributed by atoms with van der Waals surface area (Å²) in [5.74, 6) is 0.0532. The molecule has 8 heteroatoms. The zero-order valence-corrected chi connectivity index (χ0v) is 12.1. The highest BCUT2D eigenvalue weighted by Crippen LogP contribution is 2.28. The standard InChI is InChI=1S/C14H19F3N4O/c15-14(16,17)12-1-5-18-13(20-12)19-10-2-6-21(7-3-10)11-4-8-22-9-11/h1,5,10-11H,2-4,6-9H2,(H,18,19,20). The molecule has 0 spiro atoms. The maximum absolute atomic E-state index is 12.6. The molecule has 2 aliphatic rings. The smallest absolute Gasteiger partial charge is 0.380 e. The summed E-state index contributed by atoms with van der Waals surface area (Å²) in [6.45, 7) is 3.45. The average molecular weight is 316 g/mol. The van der Waals surface area contributed by atoms with E-state index in [1.54, 1.807) is 0 Å². The minimum Gasteiger partial charge on any atom is -0.380 e. The molecule has 1 atom stereocenters. The van der Waals surface area contributed by atoms with E-state index in [9.17, 15) is 13.2 Å². The minimum atomic E-state index is -4.44. The van der Waals surface area contributed by atoms with Gasteiger partial charge in [0.1, 0.15) is 5.69 Å². The van der Waals surface area contributed by atoms with Gasteiger partial charge in [-0.05, 0) is 25.3 Å². The molecule has 0 radical (unpaired) electrons. The van der Waals surface area contributed by atoms with Crippen molar-refractivity contribution in [3.05, 3.63) is 18.0 Å². The fourth-order valence-electron chi connectivity index (χ4n) is 2.99. The van der Waals surface area contributed by atoms with Crippen molar-refractivity contribution in [3.63, 3.8) is 0 Å². The first-order valence-corrected chi connectivity index (χ1v) is 7.51. The number of alkyl halides is 3. The third-order valence-corrected chi connectivity index (χ3v) is 4.23. The molecule has 0 aromatic carbocycles. The first-order chi connectivity index (χ1) is 10.5. The Balaban J connectivity index is 1.54. The highest BCUT2D eigenvalue weighted by atomic mass is 19.4. The van der Waals surface area contributed by atoms with Crippen molar-refractivity contribution in [2.75, 3.05) is 31.6 Å². The van der Waals surface area contributed by atoms with E-state index >= 15 is 0 Å². The Labute approximate surface area is 126 Å². The van der Waals surface area contributed by atoms with Crippen LogP contribution in [0.3, 0.4) is 0 Å². The zero-order valence-electron chi connectivity index (χ0n) is 12.1. The molecule has 2 aliphatic heterocycles. The molecule has 2 saturated heterocycles. The van der Waals surface area contributed by atoms with Gasteiger partial charge >= 0.3 is 6.18 Å². The number of likely N-dealkylation sites (tertiary alicyclic amines) is 1. The van der Waals surface area contributed by atoms with Crippen LogP contribution < -0.4 is 5.32 Å². The lowest BCUT2D eigenvalue weighted by atomic mass is 10.0. The number of anilines is 1. The summed E-state index contributed by atoms with van der Waals surface area (Å²) in [6, 6.07) is 1.49. The number of piperidine rings is 1. The Morgan fingerprint density at radius 1 is 1.23 bits per heavy atom. The van der Waals surface area contributed by atoms with Gasteiger partial charge in [-0.3, -0.25) is 4.90 Å². The highest BCUT2D eigenvalue weighted by molar-refractivity contribution is 5.27. The van der Waals surface area contributed by atoms with Crippen molar-refractivity contribution >= 4 is 5.95 Å². The van der Waals surface area contributed by atoms with Gasteiger partial charge in [0.2, 0.25) is 5.95 Å². The van der Waals surface area contributed by atoms with Gasteiger partial charge < -0.3 is 10.1 Å². The average Bonchev–Trinajstić information content (AvgIpc) is 3.02. The third-order valence-electron chi connectivity index (χ3n) is 4.23. The second-order valence-corrected chi connectivity index (χ2v) is 5.74. The van der Waals surface area contributed by atoms with Crippen LogP contribution in [0.15, 0.2) is 12.3 Å². The molecular weight excluding hydrogens is 297 g/mol. The first kappa shape index (κ1) is 15.5. The van der Waals surface area contributed by atoms with Crippen molar-refractivity contribution in [1.82, 2.24) is 14.9 Å². The monoisotopic (exact) mass is 316 g/mol. The maximum atomic E-state index is 12.6. The fraction of sp³-hybridized carbons (Fsp3) is 0.714. The lowest BCUT2D eigenvalue weighted by molar-refractivity contribution is -0.141. The van der Waals surface area contributed by atoms with Crippen molar-refractivity contribution in [2.45, 2.75) is 37.5 Å². The molecule has 5 nitrogen and oxygen atoms in total. The van der Waals surface area contributed by atoms with E-state index in [2.05, 4.69) is 20.2 Å². The van der Waals surface area contributed by atoms with Gasteiger partial charge in [0, 0.05) is 38.0 Å². The van der Waals surface area contributed by atoms with Crippen molar-refractivity contribution in [2.24, 2.45) is 0 Å². The molecule has 0 saturated carbocycles. The number of halogens is 3. The van der Waals surface area contributed by atoms with Gasteiger partial charge in [-0.15, -0.1) is 0 Å². The second-order valence-electron chi connectivity index (χ2n) is 5.74. The highest BCUT2D eigenvalue weighted by Gasteiger charge is 2.33. The van der Waals surface area contributed by atoms with Crippen LogP contribution in [0.1, 0.15) is 25.0 Å². The molecule has 0 aliphatic carbocycles. The quantitative estimate of drug-likeness (QED) is 0.926. The van der Waals surface area contributed by atoms with Gasteiger partial charge in [0.15, 0.2) is 0 Å². The van der Waals surface area contributed by atoms with Crippen molar-refractivity contribution < 1.29 is 17.9 Å². The molecule has 3 heterocycles. The summed E-state index contributed by atoms with van der Waals surface area (Å²) in [6.07, 6.45) is -0.491. The predicted molar refractivity (Wildman–Crippen MR) is 74.5 cm³/mol. The maximum Gasteiger partial charge on any atom is 0.433 e. The van der Waals surface area contributed by atoms with Gasteiger partial charge in [0.25, 0.3) is 0 Å².